The highest BCUT2D eigenvalue weighted by Gasteiger charge is 2.01. The maximum absolute atomic E-state index is 5.64. The zero-order chi connectivity index (χ0) is 12.1. The van der Waals surface area contributed by atoms with Gasteiger partial charge in [-0.05, 0) is 42.9 Å². The van der Waals surface area contributed by atoms with Crippen molar-refractivity contribution in [2.24, 2.45) is 0 Å². The van der Waals surface area contributed by atoms with E-state index in [1.54, 1.807) is 0 Å². The second kappa shape index (κ2) is 6.15. The van der Waals surface area contributed by atoms with E-state index in [0.717, 1.165) is 26.2 Å². The lowest BCUT2D eigenvalue weighted by atomic mass is 10.1. The number of fused-ring (bicyclic) bond motifs is 1. The van der Waals surface area contributed by atoms with E-state index in [2.05, 4.69) is 48.6 Å². The Bertz CT molecular complexity index is 464. The number of likely N-dealkylation sites (N-methyl/N-ethyl adjacent to an activating group) is 1. The molecule has 3 heteroatoms. The summed E-state index contributed by atoms with van der Waals surface area (Å²) in [5.74, 6) is 0. The molecule has 1 aromatic heterocycles. The molecule has 0 fully saturated rings. The van der Waals surface area contributed by atoms with E-state index < -0.39 is 0 Å². The fourth-order valence-electron chi connectivity index (χ4n) is 1.78. The van der Waals surface area contributed by atoms with Crippen molar-refractivity contribution in [1.29, 1.82) is 0 Å². The molecule has 2 nitrogen and oxygen atoms in total. The highest BCUT2D eigenvalue weighted by molar-refractivity contribution is 7.17. The van der Waals surface area contributed by atoms with Gasteiger partial charge in [0.05, 0.1) is 13.2 Å². The Morgan fingerprint density at radius 1 is 1.18 bits per heavy atom. The smallest absolute Gasteiger partial charge is 0.0593 e. The summed E-state index contributed by atoms with van der Waals surface area (Å²) in [4.78, 5) is 2.14. The molecule has 0 atom stereocenters. The van der Waals surface area contributed by atoms with Crippen molar-refractivity contribution in [3.8, 4) is 0 Å². The summed E-state index contributed by atoms with van der Waals surface area (Å²) >= 11 is 1.82. The fourth-order valence-corrected chi connectivity index (χ4v) is 2.73. The van der Waals surface area contributed by atoms with Crippen LogP contribution in [0.1, 0.15) is 5.56 Å². The van der Waals surface area contributed by atoms with Crippen molar-refractivity contribution in [2.75, 3.05) is 33.9 Å². The van der Waals surface area contributed by atoms with Crippen LogP contribution in [-0.4, -0.2) is 38.8 Å². The summed E-state index contributed by atoms with van der Waals surface area (Å²) in [6.45, 7) is 2.61. The molecular weight excluding hydrogens is 230 g/mol. The summed E-state index contributed by atoms with van der Waals surface area (Å²) < 4.78 is 7.04. The van der Waals surface area contributed by atoms with Crippen LogP contribution < -0.4 is 0 Å². The highest BCUT2D eigenvalue weighted by Crippen LogP contribution is 2.24. The predicted octanol–water partition coefficient (Wildman–Crippen LogP) is 3.02. The molecule has 17 heavy (non-hydrogen) atoms. The summed E-state index contributed by atoms with van der Waals surface area (Å²) in [5, 5.41) is 3.50. The van der Waals surface area contributed by atoms with Crippen molar-refractivity contribution < 1.29 is 4.74 Å². The molecule has 0 saturated carbocycles. The van der Waals surface area contributed by atoms with Gasteiger partial charge in [0.2, 0.25) is 0 Å². The van der Waals surface area contributed by atoms with Gasteiger partial charge in [0.1, 0.15) is 0 Å². The van der Waals surface area contributed by atoms with E-state index >= 15 is 0 Å². The molecule has 0 bridgehead atoms. The Morgan fingerprint density at radius 3 is 2.88 bits per heavy atom. The third-order valence-corrected chi connectivity index (χ3v) is 3.76. The van der Waals surface area contributed by atoms with E-state index in [-0.39, 0.29) is 0 Å². The minimum Gasteiger partial charge on any atom is -0.380 e. The molecule has 92 valence electrons. The molecular formula is C14H19NOS. The van der Waals surface area contributed by atoms with Gasteiger partial charge >= 0.3 is 0 Å². The quantitative estimate of drug-likeness (QED) is 0.730. The van der Waals surface area contributed by atoms with E-state index in [9.17, 15) is 0 Å². The lowest BCUT2D eigenvalue weighted by molar-refractivity contribution is 0.120. The molecule has 0 aliphatic rings. The Hall–Kier alpha value is -0.900. The van der Waals surface area contributed by atoms with E-state index in [1.165, 1.54) is 15.6 Å². The first-order valence-electron chi connectivity index (χ1n) is 5.95. The molecule has 0 saturated heterocycles. The van der Waals surface area contributed by atoms with Crippen LogP contribution in [0, 0.1) is 0 Å². The maximum Gasteiger partial charge on any atom is 0.0593 e. The lowest BCUT2D eigenvalue weighted by Crippen LogP contribution is -2.18. The minimum absolute atomic E-state index is 0.810. The van der Waals surface area contributed by atoms with E-state index in [0.29, 0.717) is 0 Å². The largest absolute Gasteiger partial charge is 0.380 e. The molecule has 0 N–H and O–H groups in total. The third kappa shape index (κ3) is 3.53. The van der Waals surface area contributed by atoms with Crippen molar-refractivity contribution >= 4 is 21.4 Å². The second-order valence-electron chi connectivity index (χ2n) is 4.42. The lowest BCUT2D eigenvalue weighted by Gasteiger charge is -2.10. The van der Waals surface area contributed by atoms with Crippen molar-refractivity contribution in [2.45, 2.75) is 6.42 Å². The van der Waals surface area contributed by atoms with Crippen LogP contribution in [0.5, 0.6) is 0 Å². The number of benzene rings is 1. The van der Waals surface area contributed by atoms with Crippen LogP contribution in [0.4, 0.5) is 0 Å². The number of ether oxygens (including phenoxy) is 1. The molecule has 0 aliphatic carbocycles. The third-order valence-electron chi connectivity index (χ3n) is 2.76. The SMILES string of the molecule is CN(C)CCOCCc1cccc2ccsc12. The first-order valence-corrected chi connectivity index (χ1v) is 6.83. The molecule has 2 rings (SSSR count). The summed E-state index contributed by atoms with van der Waals surface area (Å²) in [6, 6.07) is 8.68. The van der Waals surface area contributed by atoms with Gasteiger partial charge in [-0.25, -0.2) is 0 Å². The molecule has 0 unspecified atom stereocenters. The molecule has 0 amide bonds. The van der Waals surface area contributed by atoms with Crippen LogP contribution in [0.3, 0.4) is 0 Å². The standard InChI is InChI=1S/C14H19NOS/c1-15(2)8-10-16-9-6-12-4-3-5-13-7-11-17-14(12)13/h3-5,7,11H,6,8-10H2,1-2H3. The van der Waals surface area contributed by atoms with Gasteiger partial charge in [-0.3, -0.25) is 0 Å². The zero-order valence-electron chi connectivity index (χ0n) is 10.5. The van der Waals surface area contributed by atoms with Gasteiger partial charge in [-0.15, -0.1) is 11.3 Å². The normalized spacial score (nSPS) is 11.5. The molecule has 0 radical (unpaired) electrons. The minimum atomic E-state index is 0.810. The van der Waals surface area contributed by atoms with Gasteiger partial charge in [0.25, 0.3) is 0 Å². The fraction of sp³-hybridized carbons (Fsp3) is 0.429. The average Bonchev–Trinajstić information content (AvgIpc) is 2.77. The predicted molar refractivity (Wildman–Crippen MR) is 74.9 cm³/mol. The van der Waals surface area contributed by atoms with Gasteiger partial charge < -0.3 is 9.64 Å². The van der Waals surface area contributed by atoms with Gasteiger partial charge in [-0.1, -0.05) is 18.2 Å². The first-order chi connectivity index (χ1) is 8.27. The summed E-state index contributed by atoms with van der Waals surface area (Å²) in [7, 11) is 4.13. The van der Waals surface area contributed by atoms with Crippen LogP contribution in [0.25, 0.3) is 10.1 Å². The van der Waals surface area contributed by atoms with Gasteiger partial charge in [0.15, 0.2) is 0 Å². The first kappa shape index (κ1) is 12.6. The summed E-state index contributed by atoms with van der Waals surface area (Å²) in [5.41, 5.74) is 1.40. The van der Waals surface area contributed by atoms with Crippen molar-refractivity contribution in [3.05, 3.63) is 35.2 Å². The van der Waals surface area contributed by atoms with Gasteiger partial charge in [-0.2, -0.15) is 0 Å². The number of hydrogen-bond donors (Lipinski definition) is 0. The van der Waals surface area contributed by atoms with Gasteiger partial charge in [0, 0.05) is 11.2 Å². The van der Waals surface area contributed by atoms with Crippen LogP contribution in [0.2, 0.25) is 0 Å². The van der Waals surface area contributed by atoms with Crippen LogP contribution in [-0.2, 0) is 11.2 Å². The molecule has 2 aromatic rings. The second-order valence-corrected chi connectivity index (χ2v) is 5.34. The topological polar surface area (TPSA) is 12.5 Å². The number of thiophene rings is 1. The van der Waals surface area contributed by atoms with E-state index in [1.807, 2.05) is 11.3 Å². The Morgan fingerprint density at radius 2 is 2.06 bits per heavy atom. The Balaban J connectivity index is 1.84. The average molecular weight is 249 g/mol. The maximum atomic E-state index is 5.64. The Labute approximate surface area is 107 Å². The molecule has 1 heterocycles. The molecule has 0 aliphatic heterocycles. The monoisotopic (exact) mass is 249 g/mol. The molecule has 0 spiro atoms. The van der Waals surface area contributed by atoms with Crippen molar-refractivity contribution in [3.63, 3.8) is 0 Å². The highest BCUT2D eigenvalue weighted by atomic mass is 32.1. The van der Waals surface area contributed by atoms with E-state index in [4.69, 9.17) is 4.74 Å². The van der Waals surface area contributed by atoms with Crippen LogP contribution in [0.15, 0.2) is 29.6 Å². The summed E-state index contributed by atoms with van der Waals surface area (Å²) in [6.07, 6.45) is 1.01. The number of hydrogen-bond acceptors (Lipinski definition) is 3. The Kier molecular flexibility index (Phi) is 4.54. The van der Waals surface area contributed by atoms with Crippen LogP contribution >= 0.6 is 11.3 Å². The number of nitrogens with zero attached hydrogens (tertiary/aromatic N) is 1. The molecule has 1 aromatic carbocycles. The zero-order valence-corrected chi connectivity index (χ0v) is 11.3. The van der Waals surface area contributed by atoms with Crippen molar-refractivity contribution in [1.82, 2.24) is 4.90 Å². The number of rotatable bonds is 6.